The molecule has 4 nitrogen and oxygen atoms in total. The molecule has 8 heteroatoms. The molecule has 0 unspecified atom stereocenters. The topological polar surface area (TPSA) is 38.6 Å². The molecule has 0 bridgehead atoms. The van der Waals surface area contributed by atoms with Gasteiger partial charge in [0.05, 0.1) is 24.4 Å². The normalized spacial score (nSPS) is 11.0. The van der Waals surface area contributed by atoms with Crippen LogP contribution >= 0.6 is 22.9 Å². The van der Waals surface area contributed by atoms with Gasteiger partial charge in [0.2, 0.25) is 5.88 Å². The molecule has 0 atom stereocenters. The number of fused-ring (bicyclic) bond motifs is 1. The Hall–Kier alpha value is -1.86. The molecule has 0 saturated carbocycles. The summed E-state index contributed by atoms with van der Waals surface area (Å²) in [6, 6.07) is 1.84. The van der Waals surface area contributed by atoms with Crippen molar-refractivity contribution in [2.45, 2.75) is 6.54 Å². The first-order chi connectivity index (χ1) is 10.1. The highest BCUT2D eigenvalue weighted by atomic mass is 35.5. The number of methoxy groups -OCH3 is 1. The molecule has 3 aromatic rings. The number of hydrogen-bond donors (Lipinski definition) is 1. The Labute approximate surface area is 127 Å². The molecule has 0 amide bonds. The molecule has 1 aromatic carbocycles. The van der Waals surface area contributed by atoms with Crippen molar-refractivity contribution in [3.63, 3.8) is 0 Å². The van der Waals surface area contributed by atoms with E-state index in [-0.39, 0.29) is 17.3 Å². The molecule has 110 valence electrons. The van der Waals surface area contributed by atoms with Gasteiger partial charge in [-0.25, -0.2) is 8.78 Å². The largest absolute Gasteiger partial charge is 0.480 e. The molecule has 3 rings (SSSR count). The predicted molar refractivity (Wildman–Crippen MR) is 78.3 cm³/mol. The van der Waals surface area contributed by atoms with E-state index in [0.29, 0.717) is 5.88 Å². The summed E-state index contributed by atoms with van der Waals surface area (Å²) >= 11 is 7.31. The van der Waals surface area contributed by atoms with E-state index in [0.717, 1.165) is 22.8 Å². The zero-order valence-corrected chi connectivity index (χ0v) is 12.4. The van der Waals surface area contributed by atoms with Crippen LogP contribution < -0.4 is 10.1 Å². The quantitative estimate of drug-likeness (QED) is 0.787. The van der Waals surface area contributed by atoms with Crippen LogP contribution in [0.2, 0.25) is 5.02 Å². The SMILES string of the molecule is COc1nc2sccn2c1CNc1c(F)cc(F)cc1Cl. The molecule has 0 aliphatic rings. The van der Waals surface area contributed by atoms with Gasteiger partial charge in [-0.3, -0.25) is 4.40 Å². The van der Waals surface area contributed by atoms with E-state index >= 15 is 0 Å². The average molecular weight is 330 g/mol. The zero-order chi connectivity index (χ0) is 15.0. The fraction of sp³-hybridized carbons (Fsp3) is 0.154. The predicted octanol–water partition coefficient (Wildman–Crippen LogP) is 3.95. The Kier molecular flexibility index (Phi) is 3.69. The van der Waals surface area contributed by atoms with E-state index in [1.54, 1.807) is 0 Å². The van der Waals surface area contributed by atoms with Crippen LogP contribution in [-0.4, -0.2) is 16.5 Å². The van der Waals surface area contributed by atoms with E-state index < -0.39 is 11.6 Å². The van der Waals surface area contributed by atoms with Gasteiger partial charge in [-0.15, -0.1) is 11.3 Å². The van der Waals surface area contributed by atoms with Gasteiger partial charge in [0.1, 0.15) is 11.5 Å². The van der Waals surface area contributed by atoms with Crippen molar-refractivity contribution in [2.75, 3.05) is 12.4 Å². The van der Waals surface area contributed by atoms with Crippen molar-refractivity contribution < 1.29 is 13.5 Å². The molecule has 2 heterocycles. The van der Waals surface area contributed by atoms with Crippen molar-refractivity contribution in [1.29, 1.82) is 0 Å². The Morgan fingerprint density at radius 1 is 1.43 bits per heavy atom. The third-order valence-electron chi connectivity index (χ3n) is 2.96. The van der Waals surface area contributed by atoms with Gasteiger partial charge in [0, 0.05) is 17.6 Å². The summed E-state index contributed by atoms with van der Waals surface area (Å²) in [5.74, 6) is -1.01. The molecule has 2 aromatic heterocycles. The van der Waals surface area contributed by atoms with Gasteiger partial charge in [-0.05, 0) is 6.07 Å². The summed E-state index contributed by atoms with van der Waals surface area (Å²) in [5.41, 5.74) is 0.777. The van der Waals surface area contributed by atoms with Crippen LogP contribution in [0.15, 0.2) is 23.7 Å². The van der Waals surface area contributed by atoms with Gasteiger partial charge < -0.3 is 10.1 Å². The maximum Gasteiger partial charge on any atom is 0.238 e. The van der Waals surface area contributed by atoms with E-state index in [1.807, 2.05) is 16.0 Å². The van der Waals surface area contributed by atoms with Crippen LogP contribution in [0.3, 0.4) is 0 Å². The van der Waals surface area contributed by atoms with E-state index in [9.17, 15) is 8.78 Å². The van der Waals surface area contributed by atoms with Crippen molar-refractivity contribution in [3.8, 4) is 5.88 Å². The van der Waals surface area contributed by atoms with E-state index in [4.69, 9.17) is 16.3 Å². The van der Waals surface area contributed by atoms with Gasteiger partial charge in [-0.1, -0.05) is 11.6 Å². The number of hydrogen-bond acceptors (Lipinski definition) is 4. The number of aromatic nitrogens is 2. The van der Waals surface area contributed by atoms with Crippen LogP contribution in [0.1, 0.15) is 5.69 Å². The van der Waals surface area contributed by atoms with E-state index in [1.165, 1.54) is 18.4 Å². The number of nitrogens with zero attached hydrogens (tertiary/aromatic N) is 2. The van der Waals surface area contributed by atoms with Gasteiger partial charge >= 0.3 is 0 Å². The minimum absolute atomic E-state index is 0.0162. The summed E-state index contributed by atoms with van der Waals surface area (Å²) in [6.45, 7) is 0.239. The second-order valence-corrected chi connectivity index (χ2v) is 5.50. The number of halogens is 3. The number of thiazole rings is 1. The Morgan fingerprint density at radius 2 is 2.24 bits per heavy atom. The highest BCUT2D eigenvalue weighted by molar-refractivity contribution is 7.15. The summed E-state index contributed by atoms with van der Waals surface area (Å²) in [5, 5.41) is 4.73. The third-order valence-corrected chi connectivity index (χ3v) is 4.01. The van der Waals surface area contributed by atoms with Crippen LogP contribution in [0, 0.1) is 11.6 Å². The van der Waals surface area contributed by atoms with Crippen molar-refractivity contribution in [3.05, 3.63) is 46.1 Å². The zero-order valence-electron chi connectivity index (χ0n) is 10.9. The smallest absolute Gasteiger partial charge is 0.238 e. The van der Waals surface area contributed by atoms with Crippen LogP contribution in [-0.2, 0) is 6.54 Å². The van der Waals surface area contributed by atoms with Crippen LogP contribution in [0.25, 0.3) is 4.96 Å². The van der Waals surface area contributed by atoms with E-state index in [2.05, 4.69) is 10.3 Å². The fourth-order valence-corrected chi connectivity index (χ4v) is 3.01. The van der Waals surface area contributed by atoms with Crippen LogP contribution in [0.4, 0.5) is 14.5 Å². The number of nitrogens with one attached hydrogen (secondary N) is 1. The first-order valence-electron chi connectivity index (χ1n) is 5.97. The molecular weight excluding hydrogens is 320 g/mol. The maximum atomic E-state index is 13.7. The minimum Gasteiger partial charge on any atom is -0.480 e. The standard InChI is InChI=1S/C13H10ClF2N3OS/c1-20-12-10(19-2-3-21-13(19)18-12)6-17-11-8(14)4-7(15)5-9(11)16/h2-5,17H,6H2,1H3. The number of rotatable bonds is 4. The highest BCUT2D eigenvalue weighted by Gasteiger charge is 2.15. The van der Waals surface area contributed by atoms with Crippen molar-refractivity contribution in [2.24, 2.45) is 0 Å². The lowest BCUT2D eigenvalue weighted by molar-refractivity contribution is 0.395. The maximum absolute atomic E-state index is 13.7. The second-order valence-electron chi connectivity index (χ2n) is 4.22. The summed E-state index contributed by atoms with van der Waals surface area (Å²) in [6.07, 6.45) is 1.84. The lowest BCUT2D eigenvalue weighted by atomic mass is 10.3. The molecule has 0 aliphatic carbocycles. The summed E-state index contributed by atoms with van der Waals surface area (Å²) in [7, 11) is 1.52. The van der Waals surface area contributed by atoms with Gasteiger partial charge in [0.15, 0.2) is 10.8 Å². The Bertz CT molecular complexity index is 779. The van der Waals surface area contributed by atoms with Crippen LogP contribution in [0.5, 0.6) is 5.88 Å². The summed E-state index contributed by atoms with van der Waals surface area (Å²) < 4.78 is 33.8. The number of benzene rings is 1. The minimum atomic E-state index is -0.745. The molecule has 0 fully saturated rings. The van der Waals surface area contributed by atoms with Crippen molar-refractivity contribution in [1.82, 2.24) is 9.38 Å². The van der Waals surface area contributed by atoms with Gasteiger partial charge in [-0.2, -0.15) is 4.98 Å². The molecule has 1 N–H and O–H groups in total. The highest BCUT2D eigenvalue weighted by Crippen LogP contribution is 2.29. The molecular formula is C13H10ClF2N3OS. The number of imidazole rings is 1. The third kappa shape index (κ3) is 2.54. The first-order valence-corrected chi connectivity index (χ1v) is 7.22. The molecule has 21 heavy (non-hydrogen) atoms. The Morgan fingerprint density at radius 3 is 2.95 bits per heavy atom. The summed E-state index contributed by atoms with van der Waals surface area (Å²) in [4.78, 5) is 5.07. The number of ether oxygens (including phenoxy) is 1. The average Bonchev–Trinajstić information content (AvgIpc) is 2.98. The van der Waals surface area contributed by atoms with Crippen molar-refractivity contribution >= 4 is 33.6 Å². The lowest BCUT2D eigenvalue weighted by Crippen LogP contribution is -2.06. The fourth-order valence-electron chi connectivity index (χ4n) is 2.02. The lowest BCUT2D eigenvalue weighted by Gasteiger charge is -2.10. The molecule has 0 aliphatic heterocycles. The Balaban J connectivity index is 1.91. The molecule has 0 radical (unpaired) electrons. The second kappa shape index (κ2) is 5.50. The molecule has 0 saturated heterocycles. The monoisotopic (exact) mass is 329 g/mol. The number of anilines is 1. The first kappa shape index (κ1) is 14.1. The van der Waals surface area contributed by atoms with Gasteiger partial charge in [0.25, 0.3) is 0 Å². The molecule has 0 spiro atoms.